The molecule has 0 radical (unpaired) electrons. The van der Waals surface area contributed by atoms with Crippen LogP contribution in [0.15, 0.2) is 102 Å². The molecule has 0 aliphatic rings. The highest BCUT2D eigenvalue weighted by atomic mass is 19.1. The number of ether oxygens (including phenoxy) is 1. The Morgan fingerprint density at radius 1 is 0.977 bits per heavy atom. The van der Waals surface area contributed by atoms with Gasteiger partial charge < -0.3 is 20.5 Å². The average Bonchev–Trinajstić information content (AvgIpc) is 3.46. The number of rotatable bonds is 9. The van der Waals surface area contributed by atoms with E-state index in [1.807, 2.05) is 30.3 Å². The summed E-state index contributed by atoms with van der Waals surface area (Å²) in [6.45, 7) is -0.212. The number of carbonyl (C=O) groups excluding carboxylic acids is 1. The van der Waals surface area contributed by atoms with Gasteiger partial charge in [-0.05, 0) is 48.0 Å². The molecule has 0 spiro atoms. The third-order valence-corrected chi connectivity index (χ3v) is 6.69. The molecule has 3 aromatic heterocycles. The largest absolute Gasteiger partial charge is 0.453 e. The van der Waals surface area contributed by atoms with E-state index < -0.39 is 29.1 Å². The number of aromatic amines is 1. The first-order valence-corrected chi connectivity index (χ1v) is 13.3. The van der Waals surface area contributed by atoms with E-state index in [0.717, 1.165) is 16.3 Å². The van der Waals surface area contributed by atoms with Gasteiger partial charge in [0.1, 0.15) is 22.5 Å². The summed E-state index contributed by atoms with van der Waals surface area (Å²) in [5, 5.41) is 27.1. The second kappa shape index (κ2) is 12.1. The van der Waals surface area contributed by atoms with E-state index in [0.29, 0.717) is 16.9 Å². The summed E-state index contributed by atoms with van der Waals surface area (Å²) in [4.78, 5) is 30.1. The highest BCUT2D eigenvalue weighted by Gasteiger charge is 2.20. The minimum Gasteiger partial charge on any atom is -0.453 e. The summed E-state index contributed by atoms with van der Waals surface area (Å²) >= 11 is 0. The van der Waals surface area contributed by atoms with E-state index >= 15 is 4.39 Å². The van der Waals surface area contributed by atoms with Crippen molar-refractivity contribution in [3.05, 3.63) is 130 Å². The standard InChI is InChI=1S/C31H23F2N7O4/c32-19-6-9-21(10-7-19)40-31(43)22(12-15-35-40)30(42)36-20-8-11-25(23(33)16-20)44-26-13-14-34-28-27(26)29(39-38-28)37-24(17-41)18-4-2-1-3-5-18/h1-16,24,41H,17H2,(H,36,42)(H2,34,37,38,39)/t24-/m0/s1. The van der Waals surface area contributed by atoms with Crippen molar-refractivity contribution < 1.29 is 23.4 Å². The van der Waals surface area contributed by atoms with Crippen molar-refractivity contribution in [3.8, 4) is 17.2 Å². The van der Waals surface area contributed by atoms with E-state index in [-0.39, 0.29) is 35.0 Å². The fourth-order valence-corrected chi connectivity index (χ4v) is 4.53. The molecule has 0 unspecified atom stereocenters. The molecule has 3 aromatic carbocycles. The number of carbonyl (C=O) groups is 1. The van der Waals surface area contributed by atoms with Crippen molar-refractivity contribution in [2.75, 3.05) is 17.2 Å². The smallest absolute Gasteiger partial charge is 0.284 e. The fraction of sp³-hybridized carbons (Fsp3) is 0.0645. The third kappa shape index (κ3) is 5.71. The Hall–Kier alpha value is -5.95. The first kappa shape index (κ1) is 28.2. The number of halogens is 2. The Bertz CT molecular complexity index is 2010. The number of nitrogens with zero attached hydrogens (tertiary/aromatic N) is 4. The molecule has 0 fully saturated rings. The minimum atomic E-state index is -0.790. The van der Waals surface area contributed by atoms with Gasteiger partial charge in [-0.1, -0.05) is 30.3 Å². The highest BCUT2D eigenvalue weighted by Crippen LogP contribution is 2.35. The number of nitrogens with one attached hydrogen (secondary N) is 3. The Kier molecular flexibility index (Phi) is 7.76. The van der Waals surface area contributed by atoms with E-state index in [2.05, 4.69) is 30.9 Å². The molecule has 4 N–H and O–H groups in total. The first-order chi connectivity index (χ1) is 21.4. The number of anilines is 2. The summed E-state index contributed by atoms with van der Waals surface area (Å²) in [5.41, 5.74) is 0.570. The maximum Gasteiger partial charge on any atom is 0.284 e. The molecule has 44 heavy (non-hydrogen) atoms. The molecule has 13 heteroatoms. The van der Waals surface area contributed by atoms with Crippen LogP contribution >= 0.6 is 0 Å². The molecule has 11 nitrogen and oxygen atoms in total. The van der Waals surface area contributed by atoms with Crippen LogP contribution in [0, 0.1) is 11.6 Å². The zero-order valence-corrected chi connectivity index (χ0v) is 22.7. The van der Waals surface area contributed by atoms with Crippen LogP contribution in [0.25, 0.3) is 16.7 Å². The van der Waals surface area contributed by atoms with Crippen molar-refractivity contribution in [2.45, 2.75) is 6.04 Å². The molecule has 6 rings (SSSR count). The summed E-state index contributed by atoms with van der Waals surface area (Å²) in [6, 6.07) is 20.5. The minimum absolute atomic E-state index is 0.0728. The Morgan fingerprint density at radius 2 is 1.77 bits per heavy atom. The summed E-state index contributed by atoms with van der Waals surface area (Å²) in [5.74, 6) is -1.63. The molecule has 0 bridgehead atoms. The lowest BCUT2D eigenvalue weighted by atomic mass is 10.1. The number of hydrogen-bond donors (Lipinski definition) is 4. The topological polar surface area (TPSA) is 147 Å². The van der Waals surface area contributed by atoms with Gasteiger partial charge in [0.2, 0.25) is 0 Å². The Balaban J connectivity index is 1.22. The second-order valence-electron chi connectivity index (χ2n) is 9.53. The van der Waals surface area contributed by atoms with Crippen molar-refractivity contribution >= 4 is 28.4 Å². The van der Waals surface area contributed by atoms with Crippen LogP contribution in [-0.2, 0) is 0 Å². The number of fused-ring (bicyclic) bond motifs is 1. The van der Waals surface area contributed by atoms with Gasteiger partial charge >= 0.3 is 0 Å². The second-order valence-corrected chi connectivity index (χ2v) is 9.53. The van der Waals surface area contributed by atoms with Crippen LogP contribution in [0.4, 0.5) is 20.3 Å². The van der Waals surface area contributed by atoms with Gasteiger partial charge in [0.15, 0.2) is 23.0 Å². The number of benzene rings is 3. The van der Waals surface area contributed by atoms with Gasteiger partial charge in [-0.25, -0.2) is 13.8 Å². The van der Waals surface area contributed by atoms with Crippen LogP contribution in [0.3, 0.4) is 0 Å². The Morgan fingerprint density at radius 3 is 2.52 bits per heavy atom. The summed E-state index contributed by atoms with van der Waals surface area (Å²) in [7, 11) is 0. The van der Waals surface area contributed by atoms with Gasteiger partial charge in [-0.2, -0.15) is 14.9 Å². The number of hydrogen-bond acceptors (Lipinski definition) is 8. The molecule has 0 saturated heterocycles. The van der Waals surface area contributed by atoms with Gasteiger partial charge in [0.05, 0.1) is 18.3 Å². The monoisotopic (exact) mass is 595 g/mol. The van der Waals surface area contributed by atoms with Gasteiger partial charge in [0, 0.05) is 30.2 Å². The van der Waals surface area contributed by atoms with Gasteiger partial charge in [-0.15, -0.1) is 0 Å². The molecular weight excluding hydrogens is 572 g/mol. The predicted octanol–water partition coefficient (Wildman–Crippen LogP) is 4.97. The molecule has 0 aliphatic heterocycles. The van der Waals surface area contributed by atoms with E-state index in [4.69, 9.17) is 4.74 Å². The Labute approximate surface area is 247 Å². The fourth-order valence-electron chi connectivity index (χ4n) is 4.53. The van der Waals surface area contributed by atoms with Crippen LogP contribution < -0.4 is 20.9 Å². The van der Waals surface area contributed by atoms with Crippen LogP contribution in [0.1, 0.15) is 22.0 Å². The maximum absolute atomic E-state index is 15.2. The number of aliphatic hydroxyl groups is 1. The first-order valence-electron chi connectivity index (χ1n) is 13.3. The molecule has 220 valence electrons. The molecular formula is C31H23F2N7O4. The van der Waals surface area contributed by atoms with Gasteiger partial charge in [0.25, 0.3) is 11.5 Å². The van der Waals surface area contributed by atoms with Crippen molar-refractivity contribution in [3.63, 3.8) is 0 Å². The SMILES string of the molecule is O=C(Nc1ccc(Oc2ccnc3[nH]nc(N[C@@H](CO)c4ccccc4)c23)c(F)c1)c1ccnn(-c2ccc(F)cc2)c1=O. The molecule has 1 amide bonds. The van der Waals surface area contributed by atoms with Crippen LogP contribution in [0.2, 0.25) is 0 Å². The number of pyridine rings is 1. The number of H-pyrrole nitrogens is 1. The quantitative estimate of drug-likeness (QED) is 0.183. The van der Waals surface area contributed by atoms with Crippen molar-refractivity contribution in [1.29, 1.82) is 0 Å². The zero-order valence-electron chi connectivity index (χ0n) is 22.7. The third-order valence-electron chi connectivity index (χ3n) is 6.69. The number of aliphatic hydroxyl groups excluding tert-OH is 1. The molecule has 6 aromatic rings. The molecule has 1 atom stereocenters. The molecule has 3 heterocycles. The van der Waals surface area contributed by atoms with Crippen molar-refractivity contribution in [2.24, 2.45) is 0 Å². The number of amides is 1. The van der Waals surface area contributed by atoms with E-state index in [1.54, 1.807) is 6.07 Å². The highest BCUT2D eigenvalue weighted by molar-refractivity contribution is 6.04. The lowest BCUT2D eigenvalue weighted by Gasteiger charge is -2.17. The predicted molar refractivity (Wildman–Crippen MR) is 158 cm³/mol. The lowest BCUT2D eigenvalue weighted by Crippen LogP contribution is -2.29. The van der Waals surface area contributed by atoms with E-state index in [9.17, 15) is 19.1 Å². The average molecular weight is 596 g/mol. The normalized spacial score (nSPS) is 11.7. The zero-order chi connectivity index (χ0) is 30.6. The van der Waals surface area contributed by atoms with Crippen LogP contribution in [0.5, 0.6) is 11.5 Å². The summed E-state index contributed by atoms with van der Waals surface area (Å²) in [6.07, 6.45) is 2.73. The number of aromatic nitrogens is 5. The van der Waals surface area contributed by atoms with E-state index in [1.165, 1.54) is 54.9 Å². The summed E-state index contributed by atoms with van der Waals surface area (Å²) < 4.78 is 35.4. The van der Waals surface area contributed by atoms with Gasteiger partial charge in [-0.3, -0.25) is 14.7 Å². The lowest BCUT2D eigenvalue weighted by molar-refractivity contribution is 0.102. The molecule has 0 aliphatic carbocycles. The van der Waals surface area contributed by atoms with Crippen molar-refractivity contribution in [1.82, 2.24) is 25.0 Å². The molecule has 0 saturated carbocycles. The van der Waals surface area contributed by atoms with Crippen LogP contribution in [-0.4, -0.2) is 42.6 Å². The maximum atomic E-state index is 15.2.